The Bertz CT molecular complexity index is 624. The molecule has 1 aromatic rings. The van der Waals surface area contributed by atoms with Crippen LogP contribution in [0.15, 0.2) is 11.4 Å². The number of nitrogens with zero attached hydrogens (tertiary/aromatic N) is 1. The van der Waals surface area contributed by atoms with Crippen LogP contribution in [-0.2, 0) is 18.6 Å². The van der Waals surface area contributed by atoms with E-state index in [0.29, 0.717) is 5.69 Å². The van der Waals surface area contributed by atoms with Crippen LogP contribution in [0, 0.1) is 0 Å². The number of hydrogen-bond donors (Lipinski definition) is 0. The van der Waals surface area contributed by atoms with Gasteiger partial charge in [-0.25, -0.2) is 13.2 Å². The smallest absolute Gasteiger partial charge is 0.350 e. The number of ether oxygens (including phenoxy) is 1. The maximum atomic E-state index is 11.8. The van der Waals surface area contributed by atoms with Gasteiger partial charge in [0, 0.05) is 23.6 Å². The van der Waals surface area contributed by atoms with Crippen molar-refractivity contribution in [2.24, 2.45) is 0 Å². The first-order valence-electron chi connectivity index (χ1n) is 5.24. The van der Waals surface area contributed by atoms with E-state index in [0.717, 1.165) is 11.3 Å². The van der Waals surface area contributed by atoms with Gasteiger partial charge in [-0.2, -0.15) is 0 Å². The van der Waals surface area contributed by atoms with E-state index in [-0.39, 0.29) is 23.7 Å². The van der Waals surface area contributed by atoms with Crippen LogP contribution in [0.2, 0.25) is 0 Å². The molecule has 1 saturated heterocycles. The second-order valence-electron chi connectivity index (χ2n) is 3.93. The number of esters is 1. The van der Waals surface area contributed by atoms with Crippen LogP contribution in [0.3, 0.4) is 0 Å². The van der Waals surface area contributed by atoms with Crippen molar-refractivity contribution in [1.29, 1.82) is 0 Å². The Kier molecular flexibility index (Phi) is 3.84. The first-order valence-corrected chi connectivity index (χ1v) is 8.49. The molecule has 0 aliphatic carbocycles. The Balaban J connectivity index is 2.32. The predicted octanol–water partition coefficient (Wildman–Crippen LogP) is 1.21. The molecule has 2 rings (SSSR count). The minimum Gasteiger partial charge on any atom is -0.465 e. The zero-order valence-electron chi connectivity index (χ0n) is 9.83. The minimum atomic E-state index is -3.80. The highest BCUT2D eigenvalue weighted by atomic mass is 35.7. The molecule has 1 atom stereocenters. The van der Waals surface area contributed by atoms with Gasteiger partial charge in [-0.1, -0.05) is 0 Å². The van der Waals surface area contributed by atoms with E-state index in [2.05, 4.69) is 4.74 Å². The lowest BCUT2D eigenvalue weighted by Gasteiger charge is -2.15. The Morgan fingerprint density at radius 2 is 2.26 bits per heavy atom. The molecule has 1 fully saturated rings. The van der Waals surface area contributed by atoms with Crippen molar-refractivity contribution in [3.05, 3.63) is 16.3 Å². The van der Waals surface area contributed by atoms with Gasteiger partial charge in [0.1, 0.15) is 10.1 Å². The van der Waals surface area contributed by atoms with E-state index >= 15 is 0 Å². The van der Waals surface area contributed by atoms with Crippen molar-refractivity contribution in [2.75, 3.05) is 18.6 Å². The molecule has 1 aliphatic heterocycles. The quantitative estimate of drug-likeness (QED) is 0.617. The summed E-state index contributed by atoms with van der Waals surface area (Å²) in [4.78, 5) is 24.9. The number of methoxy groups -OCH3 is 1. The average Bonchev–Trinajstić information content (AvgIpc) is 2.92. The van der Waals surface area contributed by atoms with E-state index in [1.54, 1.807) is 11.4 Å². The predicted molar refractivity (Wildman–Crippen MR) is 71.2 cm³/mol. The SMILES string of the molecule is COC(=O)c1sccc1N1CC(S(=O)(=O)Cl)CC1=O. The van der Waals surface area contributed by atoms with Gasteiger partial charge in [0.2, 0.25) is 15.0 Å². The Morgan fingerprint density at radius 3 is 2.79 bits per heavy atom. The topological polar surface area (TPSA) is 80.8 Å². The number of carbonyl (C=O) groups is 2. The van der Waals surface area contributed by atoms with Gasteiger partial charge in [-0.3, -0.25) is 4.79 Å². The van der Waals surface area contributed by atoms with E-state index in [1.165, 1.54) is 12.0 Å². The number of thiophene rings is 1. The third-order valence-corrected chi connectivity index (χ3v) is 5.55. The van der Waals surface area contributed by atoms with Gasteiger partial charge in [0.25, 0.3) is 0 Å². The van der Waals surface area contributed by atoms with E-state index in [4.69, 9.17) is 10.7 Å². The summed E-state index contributed by atoms with van der Waals surface area (Å²) < 4.78 is 27.1. The summed E-state index contributed by atoms with van der Waals surface area (Å²) in [6, 6.07) is 1.58. The van der Waals surface area contributed by atoms with Crippen molar-refractivity contribution >= 4 is 48.6 Å². The van der Waals surface area contributed by atoms with Crippen molar-refractivity contribution in [1.82, 2.24) is 0 Å². The Morgan fingerprint density at radius 1 is 1.58 bits per heavy atom. The highest BCUT2D eigenvalue weighted by Gasteiger charge is 2.39. The van der Waals surface area contributed by atoms with Gasteiger partial charge in [0.05, 0.1) is 12.8 Å². The van der Waals surface area contributed by atoms with Gasteiger partial charge >= 0.3 is 5.97 Å². The Labute approximate surface area is 118 Å². The second-order valence-corrected chi connectivity index (χ2v) is 7.76. The lowest BCUT2D eigenvalue weighted by Crippen LogP contribution is -2.27. The third-order valence-electron chi connectivity index (χ3n) is 2.79. The van der Waals surface area contributed by atoms with Gasteiger partial charge < -0.3 is 9.64 Å². The highest BCUT2D eigenvalue weighted by molar-refractivity contribution is 8.14. The molecule has 0 saturated carbocycles. The molecule has 2 heterocycles. The standard InChI is InChI=1S/C10H10ClNO5S2/c1-17-10(14)9-7(2-3-18-9)12-5-6(4-8(12)13)19(11,15)16/h2-3,6H,4-5H2,1H3. The normalized spacial score (nSPS) is 19.8. The van der Waals surface area contributed by atoms with Crippen LogP contribution in [0.25, 0.3) is 0 Å². The summed E-state index contributed by atoms with van der Waals surface area (Å²) in [5.41, 5.74) is 0.365. The number of hydrogen-bond acceptors (Lipinski definition) is 6. The summed E-state index contributed by atoms with van der Waals surface area (Å²) in [6.07, 6.45) is -0.178. The van der Waals surface area contributed by atoms with Gasteiger partial charge in [-0.05, 0) is 11.4 Å². The number of rotatable bonds is 3. The van der Waals surface area contributed by atoms with Crippen LogP contribution in [0.1, 0.15) is 16.1 Å². The van der Waals surface area contributed by atoms with Crippen LogP contribution in [0.4, 0.5) is 5.69 Å². The molecule has 1 unspecified atom stereocenters. The molecule has 0 aromatic carbocycles. The minimum absolute atomic E-state index is 0.0502. The third kappa shape index (κ3) is 2.75. The van der Waals surface area contributed by atoms with E-state index < -0.39 is 20.3 Å². The fourth-order valence-electron chi connectivity index (χ4n) is 1.86. The molecule has 19 heavy (non-hydrogen) atoms. The van der Waals surface area contributed by atoms with Crippen molar-refractivity contribution in [3.63, 3.8) is 0 Å². The largest absolute Gasteiger partial charge is 0.465 e. The first kappa shape index (κ1) is 14.3. The molecular weight excluding hydrogens is 314 g/mol. The fraction of sp³-hybridized carbons (Fsp3) is 0.400. The molecule has 104 valence electrons. The first-order chi connectivity index (χ1) is 8.84. The summed E-state index contributed by atoms with van der Waals surface area (Å²) in [5.74, 6) is -0.937. The van der Waals surface area contributed by atoms with Crippen LogP contribution in [-0.4, -0.2) is 39.2 Å². The number of halogens is 1. The molecule has 1 aliphatic rings. The highest BCUT2D eigenvalue weighted by Crippen LogP contribution is 2.32. The average molecular weight is 324 g/mol. The lowest BCUT2D eigenvalue weighted by atomic mass is 10.3. The summed E-state index contributed by atoms with van der Waals surface area (Å²) >= 11 is 1.13. The lowest BCUT2D eigenvalue weighted by molar-refractivity contribution is -0.117. The van der Waals surface area contributed by atoms with Gasteiger partial charge in [0.15, 0.2) is 0 Å². The van der Waals surface area contributed by atoms with Crippen LogP contribution in [0.5, 0.6) is 0 Å². The van der Waals surface area contributed by atoms with Crippen molar-refractivity contribution in [2.45, 2.75) is 11.7 Å². The maximum absolute atomic E-state index is 11.8. The summed E-state index contributed by atoms with van der Waals surface area (Å²) in [7, 11) is 2.70. The number of carbonyl (C=O) groups excluding carboxylic acids is 2. The molecule has 1 amide bonds. The van der Waals surface area contributed by atoms with Gasteiger partial charge in [-0.15, -0.1) is 11.3 Å². The summed E-state index contributed by atoms with van der Waals surface area (Å²) in [5, 5.41) is 0.685. The zero-order chi connectivity index (χ0) is 14.2. The molecule has 1 aromatic heterocycles. The summed E-state index contributed by atoms with van der Waals surface area (Å²) in [6.45, 7) is -0.0502. The molecule has 6 nitrogen and oxygen atoms in total. The molecule has 0 bridgehead atoms. The molecule has 9 heteroatoms. The van der Waals surface area contributed by atoms with Crippen LogP contribution >= 0.6 is 22.0 Å². The fourth-order valence-corrected chi connectivity index (χ4v) is 3.70. The number of anilines is 1. The van der Waals surface area contributed by atoms with Crippen molar-refractivity contribution < 1.29 is 22.7 Å². The van der Waals surface area contributed by atoms with Crippen LogP contribution < -0.4 is 4.90 Å². The maximum Gasteiger partial charge on any atom is 0.350 e. The second kappa shape index (κ2) is 5.10. The molecule has 0 radical (unpaired) electrons. The molecular formula is C10H10ClNO5S2. The van der Waals surface area contributed by atoms with E-state index in [1.807, 2.05) is 0 Å². The number of amides is 1. The monoisotopic (exact) mass is 323 g/mol. The zero-order valence-corrected chi connectivity index (χ0v) is 12.2. The molecule has 0 spiro atoms. The molecule has 0 N–H and O–H groups in total. The Hall–Kier alpha value is -1.12. The van der Waals surface area contributed by atoms with Crippen molar-refractivity contribution in [3.8, 4) is 0 Å². The van der Waals surface area contributed by atoms with E-state index in [9.17, 15) is 18.0 Å².